The van der Waals surface area contributed by atoms with Gasteiger partial charge in [0.15, 0.2) is 0 Å². The molecule has 0 aromatic heterocycles. The maximum absolute atomic E-state index is 12.5. The van der Waals surface area contributed by atoms with Crippen LogP contribution < -0.4 is 15.4 Å². The van der Waals surface area contributed by atoms with Gasteiger partial charge in [0, 0.05) is 31.9 Å². The molecular weight excluding hydrogens is 396 g/mol. The maximum Gasteiger partial charge on any atom is 0.325 e. The Balaban J connectivity index is 1.38. The Labute approximate surface area is 182 Å². The second kappa shape index (κ2) is 10.6. The highest BCUT2D eigenvalue weighted by molar-refractivity contribution is 6.01. The van der Waals surface area contributed by atoms with Crippen molar-refractivity contribution in [3.05, 3.63) is 59.7 Å². The summed E-state index contributed by atoms with van der Waals surface area (Å²) >= 11 is 0. The van der Waals surface area contributed by atoms with Gasteiger partial charge in [0.1, 0.15) is 5.75 Å². The molecule has 0 radical (unpaired) electrons. The maximum atomic E-state index is 12.5. The molecule has 1 heterocycles. The second-order valence-electron chi connectivity index (χ2n) is 7.55. The lowest BCUT2D eigenvalue weighted by atomic mass is 10.1. The number of urea groups is 1. The summed E-state index contributed by atoms with van der Waals surface area (Å²) in [6.07, 6.45) is 0.381. The number of methoxy groups -OCH3 is 1. The molecule has 1 aliphatic rings. The second-order valence-corrected chi connectivity index (χ2v) is 7.55. The van der Waals surface area contributed by atoms with Crippen LogP contribution in [-0.2, 0) is 16.0 Å². The van der Waals surface area contributed by atoms with E-state index in [0.29, 0.717) is 44.0 Å². The highest BCUT2D eigenvalue weighted by Gasteiger charge is 2.23. The number of amides is 4. The quantitative estimate of drug-likeness (QED) is 0.741. The lowest BCUT2D eigenvalue weighted by molar-refractivity contribution is -0.132. The Bertz CT molecular complexity index is 904. The first kappa shape index (κ1) is 22.3. The highest BCUT2D eigenvalue weighted by Crippen LogP contribution is 2.14. The molecule has 164 valence electrons. The first-order chi connectivity index (χ1) is 14.9. The number of anilines is 1. The van der Waals surface area contributed by atoms with Crippen LogP contribution in [0.3, 0.4) is 0 Å². The highest BCUT2D eigenvalue weighted by atomic mass is 16.5. The molecule has 2 N–H and O–H groups in total. The number of piperazine rings is 1. The minimum Gasteiger partial charge on any atom is -0.497 e. The zero-order valence-electron chi connectivity index (χ0n) is 17.9. The summed E-state index contributed by atoms with van der Waals surface area (Å²) in [5.41, 5.74) is 2.73. The molecule has 3 rings (SSSR count). The summed E-state index contributed by atoms with van der Waals surface area (Å²) < 4.78 is 5.07. The number of carbonyl (C=O) groups is 3. The molecule has 0 atom stereocenters. The number of ether oxygens (including phenoxy) is 1. The molecule has 8 heteroatoms. The molecule has 0 spiro atoms. The van der Waals surface area contributed by atoms with Gasteiger partial charge in [-0.3, -0.25) is 19.8 Å². The van der Waals surface area contributed by atoms with Crippen molar-refractivity contribution in [2.24, 2.45) is 0 Å². The Morgan fingerprint density at radius 2 is 1.58 bits per heavy atom. The third kappa shape index (κ3) is 6.82. The predicted molar refractivity (Wildman–Crippen MR) is 118 cm³/mol. The molecule has 2 aromatic carbocycles. The Morgan fingerprint density at radius 3 is 2.19 bits per heavy atom. The standard InChI is InChI=1S/C23H28N4O4/c1-17-3-5-18(6-4-17)15-22(29)27-13-11-26(12-14-27)16-21(28)25-23(30)24-19-7-9-20(31-2)10-8-19/h3-10H,11-16H2,1-2H3,(H2,24,25,28,30). The molecule has 1 saturated heterocycles. The summed E-state index contributed by atoms with van der Waals surface area (Å²) in [4.78, 5) is 40.5. The van der Waals surface area contributed by atoms with Crippen LogP contribution in [0.25, 0.3) is 0 Å². The van der Waals surface area contributed by atoms with Crippen molar-refractivity contribution in [1.82, 2.24) is 15.1 Å². The largest absolute Gasteiger partial charge is 0.497 e. The van der Waals surface area contributed by atoms with Crippen LogP contribution in [0.4, 0.5) is 10.5 Å². The van der Waals surface area contributed by atoms with Gasteiger partial charge in [0.2, 0.25) is 11.8 Å². The number of nitrogens with one attached hydrogen (secondary N) is 2. The van der Waals surface area contributed by atoms with Crippen molar-refractivity contribution >= 4 is 23.5 Å². The Kier molecular flexibility index (Phi) is 7.61. The van der Waals surface area contributed by atoms with Gasteiger partial charge < -0.3 is 15.0 Å². The predicted octanol–water partition coefficient (Wildman–Crippen LogP) is 2.04. The number of hydrogen-bond donors (Lipinski definition) is 2. The number of nitrogens with zero attached hydrogens (tertiary/aromatic N) is 2. The van der Waals surface area contributed by atoms with Crippen molar-refractivity contribution in [3.63, 3.8) is 0 Å². The summed E-state index contributed by atoms with van der Waals surface area (Å²) in [5, 5.41) is 4.95. The van der Waals surface area contributed by atoms with Crippen molar-refractivity contribution in [2.75, 3.05) is 45.2 Å². The SMILES string of the molecule is COc1ccc(NC(=O)NC(=O)CN2CCN(C(=O)Cc3ccc(C)cc3)CC2)cc1. The van der Waals surface area contributed by atoms with E-state index in [9.17, 15) is 14.4 Å². The van der Waals surface area contributed by atoms with Crippen LogP contribution in [-0.4, -0.2) is 67.5 Å². The lowest BCUT2D eigenvalue weighted by Gasteiger charge is -2.34. The average molecular weight is 425 g/mol. The van der Waals surface area contributed by atoms with Gasteiger partial charge in [-0.25, -0.2) is 4.79 Å². The van der Waals surface area contributed by atoms with Gasteiger partial charge in [-0.05, 0) is 36.8 Å². The molecule has 4 amide bonds. The van der Waals surface area contributed by atoms with Crippen LogP contribution in [0.1, 0.15) is 11.1 Å². The molecule has 31 heavy (non-hydrogen) atoms. The van der Waals surface area contributed by atoms with E-state index in [2.05, 4.69) is 10.6 Å². The normalized spacial score (nSPS) is 14.1. The fraction of sp³-hybridized carbons (Fsp3) is 0.348. The van der Waals surface area contributed by atoms with Crippen molar-refractivity contribution in [3.8, 4) is 5.75 Å². The first-order valence-electron chi connectivity index (χ1n) is 10.2. The Morgan fingerprint density at radius 1 is 0.935 bits per heavy atom. The van der Waals surface area contributed by atoms with Gasteiger partial charge in [0.05, 0.1) is 20.1 Å². The smallest absolute Gasteiger partial charge is 0.325 e. The van der Waals surface area contributed by atoms with E-state index in [1.165, 1.54) is 5.56 Å². The molecule has 8 nitrogen and oxygen atoms in total. The van der Waals surface area contributed by atoms with Crippen LogP contribution in [0.5, 0.6) is 5.75 Å². The van der Waals surface area contributed by atoms with E-state index in [4.69, 9.17) is 4.74 Å². The van der Waals surface area contributed by atoms with E-state index >= 15 is 0 Å². The molecule has 1 fully saturated rings. The van der Waals surface area contributed by atoms with Crippen LogP contribution in [0, 0.1) is 6.92 Å². The topological polar surface area (TPSA) is 91.0 Å². The molecule has 0 saturated carbocycles. The molecular formula is C23H28N4O4. The first-order valence-corrected chi connectivity index (χ1v) is 10.2. The molecule has 0 aliphatic carbocycles. The van der Waals surface area contributed by atoms with Gasteiger partial charge in [0.25, 0.3) is 0 Å². The number of aryl methyl sites for hydroxylation is 1. The van der Waals surface area contributed by atoms with Crippen LogP contribution in [0.15, 0.2) is 48.5 Å². The summed E-state index contributed by atoms with van der Waals surface area (Å²) in [7, 11) is 1.56. The fourth-order valence-corrected chi connectivity index (χ4v) is 3.35. The number of hydrogen-bond acceptors (Lipinski definition) is 5. The molecule has 0 bridgehead atoms. The minimum absolute atomic E-state index is 0.0897. The van der Waals surface area contributed by atoms with E-state index in [1.54, 1.807) is 31.4 Å². The number of rotatable bonds is 6. The van der Waals surface area contributed by atoms with Gasteiger partial charge in [-0.2, -0.15) is 0 Å². The lowest BCUT2D eigenvalue weighted by Crippen LogP contribution is -2.52. The van der Waals surface area contributed by atoms with E-state index in [0.717, 1.165) is 5.56 Å². The molecule has 1 aliphatic heterocycles. The number of benzene rings is 2. The van der Waals surface area contributed by atoms with Crippen molar-refractivity contribution in [1.29, 1.82) is 0 Å². The Hall–Kier alpha value is -3.39. The van der Waals surface area contributed by atoms with Gasteiger partial charge in [-0.1, -0.05) is 29.8 Å². The summed E-state index contributed by atoms with van der Waals surface area (Å²) in [6, 6.07) is 14.2. The third-order valence-electron chi connectivity index (χ3n) is 5.17. The molecule has 0 unspecified atom stereocenters. The number of imide groups is 1. The fourth-order valence-electron chi connectivity index (χ4n) is 3.35. The van der Waals surface area contributed by atoms with E-state index in [-0.39, 0.29) is 18.4 Å². The monoisotopic (exact) mass is 424 g/mol. The van der Waals surface area contributed by atoms with Gasteiger partial charge >= 0.3 is 6.03 Å². The molecule has 2 aromatic rings. The van der Waals surface area contributed by atoms with Gasteiger partial charge in [-0.15, -0.1) is 0 Å². The van der Waals surface area contributed by atoms with Crippen LogP contribution in [0.2, 0.25) is 0 Å². The van der Waals surface area contributed by atoms with Crippen LogP contribution >= 0.6 is 0 Å². The van der Waals surface area contributed by atoms with Crippen molar-refractivity contribution < 1.29 is 19.1 Å². The third-order valence-corrected chi connectivity index (χ3v) is 5.17. The zero-order valence-corrected chi connectivity index (χ0v) is 17.9. The minimum atomic E-state index is -0.581. The summed E-state index contributed by atoms with van der Waals surface area (Å²) in [6.45, 7) is 4.44. The zero-order chi connectivity index (χ0) is 22.2. The average Bonchev–Trinajstić information content (AvgIpc) is 2.76. The van der Waals surface area contributed by atoms with Crippen molar-refractivity contribution in [2.45, 2.75) is 13.3 Å². The van der Waals surface area contributed by atoms with E-state index in [1.807, 2.05) is 41.0 Å². The number of carbonyl (C=O) groups excluding carboxylic acids is 3. The summed E-state index contributed by atoms with van der Waals surface area (Å²) in [5.74, 6) is 0.385. The van der Waals surface area contributed by atoms with E-state index < -0.39 is 6.03 Å².